The molecule has 5 heteroatoms. The maximum atomic E-state index is 2.88. The van der Waals surface area contributed by atoms with Gasteiger partial charge in [0.25, 0.3) is 0 Å². The number of aryl methyl sites for hydroxylation is 3. The molecule has 4 rings (SSSR count). The Morgan fingerprint density at radius 3 is 0.854 bits per heavy atom. The topological polar surface area (TPSA) is 13.0 Å². The normalized spacial score (nSPS) is 11.4. The molecular weight excluding hydrogens is 603 g/mol. The van der Waals surface area contributed by atoms with Crippen molar-refractivity contribution in [2.75, 3.05) is 44.9 Å². The molecular formula is C43H62N4P+. The van der Waals surface area contributed by atoms with Gasteiger partial charge in [-0.25, -0.2) is 0 Å². The first-order valence-electron chi connectivity index (χ1n) is 18.7. The molecule has 0 aliphatic rings. The zero-order valence-electron chi connectivity index (χ0n) is 31.0. The van der Waals surface area contributed by atoms with Crippen LogP contribution >= 0.6 is 7.87 Å². The highest BCUT2D eigenvalue weighted by atomic mass is 31.2. The van der Waals surface area contributed by atoms with Crippen molar-refractivity contribution < 1.29 is 0 Å². The highest BCUT2D eigenvalue weighted by Crippen LogP contribution is 2.73. The summed E-state index contributed by atoms with van der Waals surface area (Å²) in [5.41, 5.74) is 9.12. The van der Waals surface area contributed by atoms with Gasteiger partial charge in [-0.2, -0.15) is 18.7 Å². The van der Waals surface area contributed by atoms with Gasteiger partial charge in [-0.3, -0.25) is 0 Å². The van der Waals surface area contributed by atoms with Gasteiger partial charge in [0.05, 0.1) is 48.9 Å². The number of hydrogen-bond donors (Lipinski definition) is 0. The molecule has 0 heterocycles. The van der Waals surface area contributed by atoms with Crippen molar-refractivity contribution >= 4 is 30.6 Å². The number of rotatable bonds is 20. The molecule has 4 nitrogen and oxygen atoms in total. The molecule has 48 heavy (non-hydrogen) atoms. The summed E-state index contributed by atoms with van der Waals surface area (Å²) in [7, 11) is -2.66. The monoisotopic (exact) mass is 665 g/mol. The summed E-state index contributed by atoms with van der Waals surface area (Å²) >= 11 is 0. The van der Waals surface area contributed by atoms with Gasteiger partial charge in [0.15, 0.2) is 0 Å². The molecule has 4 aromatic carbocycles. The third-order valence-corrected chi connectivity index (χ3v) is 13.6. The fourth-order valence-corrected chi connectivity index (χ4v) is 11.4. The zero-order valence-corrected chi connectivity index (χ0v) is 31.9. The molecule has 258 valence electrons. The molecule has 0 aliphatic heterocycles. The number of hydrogen-bond acceptors (Lipinski definition) is 4. The predicted molar refractivity (Wildman–Crippen MR) is 216 cm³/mol. The molecule has 0 N–H and O–H groups in total. The van der Waals surface area contributed by atoms with E-state index in [2.05, 4.69) is 170 Å². The van der Waals surface area contributed by atoms with E-state index in [0.29, 0.717) is 0 Å². The summed E-state index contributed by atoms with van der Waals surface area (Å²) in [6, 6.07) is 39.6. The summed E-state index contributed by atoms with van der Waals surface area (Å²) in [6.07, 6.45) is 9.05. The highest BCUT2D eigenvalue weighted by Gasteiger charge is 2.63. The van der Waals surface area contributed by atoms with Crippen molar-refractivity contribution in [1.29, 1.82) is 0 Å². The van der Waals surface area contributed by atoms with Crippen LogP contribution in [0.3, 0.4) is 0 Å². The third kappa shape index (κ3) is 8.94. The Labute approximate surface area is 294 Å². The molecule has 0 atom stereocenters. The minimum atomic E-state index is -2.66. The maximum Gasteiger partial charge on any atom is 0.405 e. The van der Waals surface area contributed by atoms with E-state index in [0.717, 1.165) is 77.5 Å². The molecule has 0 spiro atoms. The van der Waals surface area contributed by atoms with Crippen LogP contribution in [0, 0.1) is 20.8 Å². The number of para-hydroxylation sites is 1. The van der Waals surface area contributed by atoms with Crippen LogP contribution in [0.2, 0.25) is 0 Å². The van der Waals surface area contributed by atoms with Crippen molar-refractivity contribution in [3.63, 3.8) is 0 Å². The SMILES string of the molecule is CCCCN(c1ccccc1)[P+](N(CCCC)c1ccc(C)cc1)(N(CCCC)c1ccc(C)cc1)N(CCCC)c1ccc(C)cc1. The summed E-state index contributed by atoms with van der Waals surface area (Å²) in [5.74, 6) is 0. The Bertz CT molecular complexity index is 1310. The van der Waals surface area contributed by atoms with E-state index in [1.807, 2.05) is 0 Å². The highest BCUT2D eigenvalue weighted by molar-refractivity contribution is 7.81. The molecule has 0 amide bonds. The zero-order chi connectivity index (χ0) is 34.4. The Morgan fingerprint density at radius 1 is 0.354 bits per heavy atom. The fraction of sp³-hybridized carbons (Fsp3) is 0.442. The summed E-state index contributed by atoms with van der Waals surface area (Å²) in [4.78, 5) is 0. The molecule has 4 aromatic rings. The van der Waals surface area contributed by atoms with Gasteiger partial charge >= 0.3 is 7.87 Å². The average Bonchev–Trinajstić information content (AvgIpc) is 3.11. The van der Waals surface area contributed by atoms with Gasteiger partial charge in [0.1, 0.15) is 0 Å². The molecule has 0 bridgehead atoms. The van der Waals surface area contributed by atoms with Crippen LogP contribution in [0.1, 0.15) is 95.8 Å². The Morgan fingerprint density at radius 2 is 0.604 bits per heavy atom. The lowest BCUT2D eigenvalue weighted by molar-refractivity contribution is 0.740. The lowest BCUT2D eigenvalue weighted by Crippen LogP contribution is -2.55. The lowest BCUT2D eigenvalue weighted by atomic mass is 10.2. The van der Waals surface area contributed by atoms with Gasteiger partial charge < -0.3 is 0 Å². The number of nitrogens with zero attached hydrogens (tertiary/aromatic N) is 4. The molecule has 0 unspecified atom stereocenters. The average molecular weight is 666 g/mol. The van der Waals surface area contributed by atoms with Crippen molar-refractivity contribution in [2.24, 2.45) is 0 Å². The van der Waals surface area contributed by atoms with Crippen LogP contribution in [0.4, 0.5) is 22.7 Å². The van der Waals surface area contributed by atoms with Gasteiger partial charge in [-0.1, -0.05) is 125 Å². The Balaban J connectivity index is 2.24. The summed E-state index contributed by atoms with van der Waals surface area (Å²) < 4.78 is 11.5. The van der Waals surface area contributed by atoms with Crippen LogP contribution in [-0.4, -0.2) is 26.2 Å². The second-order valence-electron chi connectivity index (χ2n) is 13.3. The molecule has 0 aromatic heterocycles. The Hall–Kier alpha value is -3.49. The van der Waals surface area contributed by atoms with Gasteiger partial charge in [0, 0.05) is 0 Å². The van der Waals surface area contributed by atoms with E-state index in [9.17, 15) is 0 Å². The van der Waals surface area contributed by atoms with E-state index in [1.165, 1.54) is 39.4 Å². The quantitative estimate of drug-likeness (QED) is 0.0871. The first kappa shape index (κ1) is 37.3. The Kier molecular flexibility index (Phi) is 14.7. The molecule has 0 fully saturated rings. The van der Waals surface area contributed by atoms with Gasteiger partial charge in [-0.05, 0) is 95.0 Å². The summed E-state index contributed by atoms with van der Waals surface area (Å²) in [6.45, 7) is 19.9. The minimum Gasteiger partial charge on any atom is -0.190 e. The smallest absolute Gasteiger partial charge is 0.190 e. The number of anilines is 4. The molecule has 0 saturated heterocycles. The third-order valence-electron chi connectivity index (χ3n) is 9.24. The summed E-state index contributed by atoms with van der Waals surface area (Å²) in [5, 5.41) is 0. The first-order valence-corrected chi connectivity index (χ1v) is 20.3. The van der Waals surface area contributed by atoms with Crippen LogP contribution in [0.5, 0.6) is 0 Å². The van der Waals surface area contributed by atoms with Crippen molar-refractivity contribution in [1.82, 2.24) is 0 Å². The number of benzene rings is 4. The molecule has 0 saturated carbocycles. The maximum absolute atomic E-state index is 2.88. The van der Waals surface area contributed by atoms with Crippen LogP contribution in [0.25, 0.3) is 0 Å². The van der Waals surface area contributed by atoms with Crippen LogP contribution in [0.15, 0.2) is 103 Å². The largest absolute Gasteiger partial charge is 0.405 e. The second-order valence-corrected chi connectivity index (χ2v) is 16.3. The first-order chi connectivity index (χ1) is 23.4. The van der Waals surface area contributed by atoms with Crippen LogP contribution in [-0.2, 0) is 0 Å². The fourth-order valence-electron chi connectivity index (χ4n) is 6.44. The number of unbranched alkanes of at least 4 members (excludes halogenated alkanes) is 4. The van der Waals surface area contributed by atoms with E-state index < -0.39 is 7.87 Å². The van der Waals surface area contributed by atoms with E-state index in [-0.39, 0.29) is 0 Å². The van der Waals surface area contributed by atoms with E-state index >= 15 is 0 Å². The van der Waals surface area contributed by atoms with E-state index in [1.54, 1.807) is 0 Å². The minimum absolute atomic E-state index is 0.978. The van der Waals surface area contributed by atoms with Crippen molar-refractivity contribution in [3.8, 4) is 0 Å². The standard InChI is InChI=1S/C43H62N4P/c1-8-12-33-44(40-19-17-16-18-20-40)48(45(34-13-9-2)41-27-21-37(5)22-28-41,46(35-14-10-3)42-29-23-38(6)24-30-42)47(36-15-11-4)43-31-25-39(7)26-32-43/h16-32H,8-15,33-36H2,1-7H3/q+1. The van der Waals surface area contributed by atoms with Gasteiger partial charge in [0.2, 0.25) is 0 Å². The molecule has 0 aliphatic carbocycles. The van der Waals surface area contributed by atoms with Crippen molar-refractivity contribution in [3.05, 3.63) is 120 Å². The second kappa shape index (κ2) is 18.9. The molecule has 0 radical (unpaired) electrons. The lowest BCUT2D eigenvalue weighted by Gasteiger charge is -2.53. The van der Waals surface area contributed by atoms with Crippen molar-refractivity contribution in [2.45, 2.75) is 99.8 Å². The van der Waals surface area contributed by atoms with Gasteiger partial charge in [-0.15, -0.1) is 0 Å². The van der Waals surface area contributed by atoms with Crippen LogP contribution < -0.4 is 18.7 Å². The predicted octanol–water partition coefficient (Wildman–Crippen LogP) is 12.8. The van der Waals surface area contributed by atoms with E-state index in [4.69, 9.17) is 0 Å².